The van der Waals surface area contributed by atoms with Gasteiger partial charge in [-0.25, -0.2) is 4.68 Å². The first kappa shape index (κ1) is 17.4. The van der Waals surface area contributed by atoms with E-state index in [0.717, 1.165) is 5.56 Å². The molecule has 1 atom stereocenters. The van der Waals surface area contributed by atoms with Gasteiger partial charge in [-0.05, 0) is 30.7 Å². The third-order valence-corrected chi connectivity index (χ3v) is 3.49. The number of nitrogens with one attached hydrogen (secondary N) is 1. The Balaban J connectivity index is 2.11. The number of amides is 1. The summed E-state index contributed by atoms with van der Waals surface area (Å²) in [5, 5.41) is 15.7. The maximum Gasteiger partial charge on any atom is 0.272 e. The van der Waals surface area contributed by atoms with Crippen LogP contribution < -0.4 is 10.9 Å². The molecule has 1 N–H and O–H groups in total. The van der Waals surface area contributed by atoms with E-state index in [-0.39, 0.29) is 29.7 Å². The number of aromatic nitrogens is 2. The number of hydrogen-bond acceptors (Lipinski definition) is 5. The van der Waals surface area contributed by atoms with Gasteiger partial charge in [0, 0.05) is 13.2 Å². The summed E-state index contributed by atoms with van der Waals surface area (Å²) in [7, 11) is 1.53. The Kier molecular flexibility index (Phi) is 5.82. The summed E-state index contributed by atoms with van der Waals surface area (Å²) in [6, 6.07) is 11.5. The highest BCUT2D eigenvalue weighted by Gasteiger charge is 2.14. The fourth-order valence-corrected chi connectivity index (χ4v) is 2.11. The van der Waals surface area contributed by atoms with Crippen molar-refractivity contribution in [2.75, 3.05) is 13.7 Å². The first-order valence-corrected chi connectivity index (χ1v) is 7.43. The van der Waals surface area contributed by atoms with E-state index in [1.165, 1.54) is 23.9 Å². The van der Waals surface area contributed by atoms with E-state index in [4.69, 9.17) is 10.00 Å². The molecule has 1 amide bonds. The van der Waals surface area contributed by atoms with Crippen molar-refractivity contribution in [3.05, 3.63) is 63.6 Å². The Morgan fingerprint density at radius 3 is 2.67 bits per heavy atom. The second-order valence-corrected chi connectivity index (χ2v) is 5.20. The van der Waals surface area contributed by atoms with Gasteiger partial charge < -0.3 is 10.1 Å². The minimum Gasteiger partial charge on any atom is -0.383 e. The summed E-state index contributed by atoms with van der Waals surface area (Å²) in [5.74, 6) is -0.377. The molecule has 2 rings (SSSR count). The molecule has 0 aliphatic carbocycles. The SMILES string of the molecule is COCCn1nc(C(=O)N[C@@H](C)c2ccc(C#N)cc2)ccc1=O. The normalized spacial score (nSPS) is 11.5. The highest BCUT2D eigenvalue weighted by atomic mass is 16.5. The number of carbonyl (C=O) groups is 1. The Labute approximate surface area is 139 Å². The molecule has 1 aromatic carbocycles. The topological polar surface area (TPSA) is 97.0 Å². The quantitative estimate of drug-likeness (QED) is 0.862. The molecule has 7 nitrogen and oxygen atoms in total. The summed E-state index contributed by atoms with van der Waals surface area (Å²) in [5.41, 5.74) is 1.30. The predicted octanol–water partition coefficient (Wildman–Crippen LogP) is 1.25. The molecule has 124 valence electrons. The Bertz CT molecular complexity index is 806. The average molecular weight is 326 g/mol. The number of methoxy groups -OCH3 is 1. The third kappa shape index (κ3) is 4.27. The lowest BCUT2D eigenvalue weighted by Crippen LogP contribution is -2.31. The lowest BCUT2D eigenvalue weighted by atomic mass is 10.1. The molecular formula is C17H18N4O3. The van der Waals surface area contributed by atoms with E-state index in [2.05, 4.69) is 10.4 Å². The van der Waals surface area contributed by atoms with Gasteiger partial charge in [-0.1, -0.05) is 12.1 Å². The Hall–Kier alpha value is -2.98. The van der Waals surface area contributed by atoms with Crippen molar-refractivity contribution >= 4 is 5.91 Å². The molecule has 0 radical (unpaired) electrons. The van der Waals surface area contributed by atoms with Crippen LogP contribution in [0.4, 0.5) is 0 Å². The number of carbonyl (C=O) groups excluding carboxylic acids is 1. The minimum absolute atomic E-state index is 0.159. The second kappa shape index (κ2) is 8.04. The average Bonchev–Trinajstić information content (AvgIpc) is 2.61. The number of nitrogens with zero attached hydrogens (tertiary/aromatic N) is 3. The van der Waals surface area contributed by atoms with Crippen molar-refractivity contribution in [3.8, 4) is 6.07 Å². The summed E-state index contributed by atoms with van der Waals surface area (Å²) >= 11 is 0. The zero-order chi connectivity index (χ0) is 17.5. The van der Waals surface area contributed by atoms with Crippen molar-refractivity contribution in [2.45, 2.75) is 19.5 Å². The van der Waals surface area contributed by atoms with Gasteiger partial charge in [-0.15, -0.1) is 0 Å². The van der Waals surface area contributed by atoms with Crippen molar-refractivity contribution < 1.29 is 9.53 Å². The fourth-order valence-electron chi connectivity index (χ4n) is 2.11. The van der Waals surface area contributed by atoms with E-state index in [1.807, 2.05) is 13.0 Å². The van der Waals surface area contributed by atoms with Gasteiger partial charge in [-0.3, -0.25) is 9.59 Å². The number of benzene rings is 1. The summed E-state index contributed by atoms with van der Waals surface area (Å²) in [6.07, 6.45) is 0. The van der Waals surface area contributed by atoms with Gasteiger partial charge in [0.25, 0.3) is 11.5 Å². The third-order valence-electron chi connectivity index (χ3n) is 3.49. The number of ether oxygens (including phenoxy) is 1. The van der Waals surface area contributed by atoms with Crippen molar-refractivity contribution in [3.63, 3.8) is 0 Å². The lowest BCUT2D eigenvalue weighted by molar-refractivity contribution is 0.0931. The summed E-state index contributed by atoms with van der Waals surface area (Å²) in [4.78, 5) is 24.0. The molecule has 2 aromatic rings. The molecule has 1 heterocycles. The molecule has 0 saturated carbocycles. The molecule has 24 heavy (non-hydrogen) atoms. The molecule has 0 aliphatic heterocycles. The van der Waals surface area contributed by atoms with Gasteiger partial charge in [0.1, 0.15) is 5.69 Å². The number of rotatable bonds is 6. The number of nitriles is 1. The standard InChI is InChI=1S/C17H18N4O3/c1-12(14-5-3-13(11-18)4-6-14)19-17(23)15-7-8-16(22)21(20-15)9-10-24-2/h3-8,12H,9-10H2,1-2H3,(H,19,23)/t12-/m0/s1. The molecule has 0 aliphatic rings. The molecule has 1 aromatic heterocycles. The van der Waals surface area contributed by atoms with E-state index in [9.17, 15) is 9.59 Å². The first-order valence-electron chi connectivity index (χ1n) is 7.43. The van der Waals surface area contributed by atoms with Gasteiger partial charge >= 0.3 is 0 Å². The molecule has 0 spiro atoms. The van der Waals surface area contributed by atoms with E-state index in [0.29, 0.717) is 12.2 Å². The summed E-state index contributed by atoms with van der Waals surface area (Å²) in [6.45, 7) is 2.45. The van der Waals surface area contributed by atoms with Gasteiger partial charge in [-0.2, -0.15) is 10.4 Å². The zero-order valence-corrected chi connectivity index (χ0v) is 13.5. The van der Waals surface area contributed by atoms with Crippen molar-refractivity contribution in [2.24, 2.45) is 0 Å². The van der Waals surface area contributed by atoms with E-state index in [1.54, 1.807) is 24.3 Å². The van der Waals surface area contributed by atoms with Crippen LogP contribution in [0.25, 0.3) is 0 Å². The lowest BCUT2D eigenvalue weighted by Gasteiger charge is -2.14. The van der Waals surface area contributed by atoms with E-state index >= 15 is 0 Å². The largest absolute Gasteiger partial charge is 0.383 e. The van der Waals surface area contributed by atoms with Crippen LogP contribution in [0.15, 0.2) is 41.2 Å². The molecule has 0 fully saturated rings. The van der Waals surface area contributed by atoms with Crippen LogP contribution in [0.3, 0.4) is 0 Å². The maximum absolute atomic E-state index is 12.3. The van der Waals surface area contributed by atoms with Crippen LogP contribution in [0, 0.1) is 11.3 Å². The van der Waals surface area contributed by atoms with Crippen LogP contribution >= 0.6 is 0 Å². The fraction of sp³-hybridized carbons (Fsp3) is 0.294. The molecule has 0 unspecified atom stereocenters. The number of hydrogen-bond donors (Lipinski definition) is 1. The van der Waals surface area contributed by atoms with Crippen LogP contribution in [0.2, 0.25) is 0 Å². The van der Waals surface area contributed by atoms with Crippen molar-refractivity contribution in [1.82, 2.24) is 15.1 Å². The van der Waals surface area contributed by atoms with Crippen LogP contribution in [-0.4, -0.2) is 29.4 Å². The first-order chi connectivity index (χ1) is 11.5. The van der Waals surface area contributed by atoms with Crippen LogP contribution in [0.1, 0.15) is 34.6 Å². The summed E-state index contributed by atoms with van der Waals surface area (Å²) < 4.78 is 6.12. The molecule has 0 saturated heterocycles. The smallest absolute Gasteiger partial charge is 0.272 e. The highest BCUT2D eigenvalue weighted by Crippen LogP contribution is 2.13. The van der Waals surface area contributed by atoms with E-state index < -0.39 is 0 Å². The Morgan fingerprint density at radius 2 is 2.04 bits per heavy atom. The monoisotopic (exact) mass is 326 g/mol. The second-order valence-electron chi connectivity index (χ2n) is 5.20. The molecular weight excluding hydrogens is 308 g/mol. The van der Waals surface area contributed by atoms with Crippen molar-refractivity contribution in [1.29, 1.82) is 5.26 Å². The minimum atomic E-state index is -0.377. The zero-order valence-electron chi connectivity index (χ0n) is 13.5. The van der Waals surface area contributed by atoms with Crippen LogP contribution in [0.5, 0.6) is 0 Å². The van der Waals surface area contributed by atoms with Crippen LogP contribution in [-0.2, 0) is 11.3 Å². The highest BCUT2D eigenvalue weighted by molar-refractivity contribution is 5.92. The Morgan fingerprint density at radius 1 is 1.33 bits per heavy atom. The van der Waals surface area contributed by atoms with Gasteiger partial charge in [0.05, 0.1) is 30.8 Å². The molecule has 0 bridgehead atoms. The van der Waals surface area contributed by atoms with Gasteiger partial charge in [0.2, 0.25) is 0 Å². The maximum atomic E-state index is 12.3. The van der Waals surface area contributed by atoms with Gasteiger partial charge in [0.15, 0.2) is 0 Å². The molecule has 7 heteroatoms. The predicted molar refractivity (Wildman–Crippen MR) is 87.4 cm³/mol.